The van der Waals surface area contributed by atoms with E-state index in [1.54, 1.807) is 4.68 Å². The summed E-state index contributed by atoms with van der Waals surface area (Å²) in [4.78, 5) is 12.2. The number of benzene rings is 2. The van der Waals surface area contributed by atoms with Crippen molar-refractivity contribution in [2.24, 2.45) is 0 Å². The Morgan fingerprint density at radius 2 is 1.77 bits per heavy atom. The summed E-state index contributed by atoms with van der Waals surface area (Å²) in [6.07, 6.45) is -1.62. The van der Waals surface area contributed by atoms with Crippen LogP contribution in [0.3, 0.4) is 0 Å². The van der Waals surface area contributed by atoms with E-state index in [0.29, 0.717) is 19.0 Å². The maximum absolute atomic E-state index is 12.2. The van der Waals surface area contributed by atoms with Crippen LogP contribution in [0.5, 0.6) is 0 Å². The second-order valence-corrected chi connectivity index (χ2v) is 7.26. The Kier molecular flexibility index (Phi) is 5.12. The van der Waals surface area contributed by atoms with Crippen LogP contribution >= 0.6 is 0 Å². The number of amides is 1. The number of aromatic nitrogens is 4. The van der Waals surface area contributed by atoms with E-state index >= 15 is 0 Å². The number of rotatable bonds is 5. The van der Waals surface area contributed by atoms with Crippen molar-refractivity contribution >= 4 is 6.09 Å². The molecule has 9 nitrogen and oxygen atoms in total. The van der Waals surface area contributed by atoms with E-state index in [1.165, 1.54) is 0 Å². The van der Waals surface area contributed by atoms with Gasteiger partial charge in [0.25, 0.3) is 0 Å². The van der Waals surface area contributed by atoms with Crippen LogP contribution in [0, 0.1) is 0 Å². The molecule has 0 radical (unpaired) electrons. The number of carbonyl (C=O) groups is 1. The molecule has 1 N–H and O–H groups in total. The van der Waals surface area contributed by atoms with Gasteiger partial charge in [-0.15, -0.1) is 5.10 Å². The van der Waals surface area contributed by atoms with Crippen molar-refractivity contribution < 1.29 is 19.0 Å². The molecule has 0 unspecified atom stereocenters. The zero-order chi connectivity index (χ0) is 20.3. The molecule has 2 saturated heterocycles. The molecule has 3 aromatic rings. The Morgan fingerprint density at radius 1 is 1.03 bits per heavy atom. The van der Waals surface area contributed by atoms with E-state index in [-0.39, 0.29) is 24.9 Å². The van der Waals surface area contributed by atoms with E-state index in [4.69, 9.17) is 14.2 Å². The maximum atomic E-state index is 12.2. The summed E-state index contributed by atoms with van der Waals surface area (Å²) >= 11 is 0. The number of hydrogen-bond donors (Lipinski definition) is 1. The van der Waals surface area contributed by atoms with Crippen molar-refractivity contribution in [1.82, 2.24) is 25.5 Å². The van der Waals surface area contributed by atoms with Crippen molar-refractivity contribution in [2.75, 3.05) is 13.2 Å². The van der Waals surface area contributed by atoms with Crippen LogP contribution in [0.4, 0.5) is 4.79 Å². The highest BCUT2D eigenvalue weighted by Crippen LogP contribution is 2.36. The molecule has 0 saturated carbocycles. The van der Waals surface area contributed by atoms with Gasteiger partial charge >= 0.3 is 6.09 Å². The lowest BCUT2D eigenvalue weighted by atomic mass is 10.1. The van der Waals surface area contributed by atoms with Gasteiger partial charge in [-0.25, -0.2) is 9.48 Å². The van der Waals surface area contributed by atoms with E-state index in [9.17, 15) is 4.79 Å². The van der Waals surface area contributed by atoms with Gasteiger partial charge in [0.15, 0.2) is 11.9 Å². The highest BCUT2D eigenvalue weighted by atomic mass is 16.6. The summed E-state index contributed by atoms with van der Waals surface area (Å²) < 4.78 is 19.2. The molecule has 0 spiro atoms. The third kappa shape index (κ3) is 3.64. The van der Waals surface area contributed by atoms with E-state index in [1.807, 2.05) is 60.7 Å². The maximum Gasteiger partial charge on any atom is 0.407 e. The normalized spacial score (nSPS) is 25.1. The molecule has 4 atom stereocenters. The second kappa shape index (κ2) is 8.21. The van der Waals surface area contributed by atoms with Gasteiger partial charge < -0.3 is 19.5 Å². The van der Waals surface area contributed by atoms with Gasteiger partial charge in [-0.2, -0.15) is 0 Å². The molecule has 0 aliphatic carbocycles. The largest absolute Gasteiger partial charge is 0.441 e. The van der Waals surface area contributed by atoms with Crippen LogP contribution in [-0.4, -0.2) is 57.8 Å². The molecule has 3 heterocycles. The molecule has 2 aromatic carbocycles. The first-order valence-corrected chi connectivity index (χ1v) is 9.84. The van der Waals surface area contributed by atoms with Gasteiger partial charge in [-0.1, -0.05) is 60.7 Å². The summed E-state index contributed by atoms with van der Waals surface area (Å²) in [6, 6.07) is 19.2. The highest BCUT2D eigenvalue weighted by molar-refractivity contribution is 5.67. The van der Waals surface area contributed by atoms with Crippen LogP contribution in [-0.2, 0) is 20.8 Å². The fourth-order valence-corrected chi connectivity index (χ4v) is 3.90. The zero-order valence-corrected chi connectivity index (χ0v) is 16.1. The van der Waals surface area contributed by atoms with Crippen LogP contribution in [0.1, 0.15) is 11.6 Å². The van der Waals surface area contributed by atoms with Gasteiger partial charge in [0.05, 0.1) is 13.2 Å². The van der Waals surface area contributed by atoms with Crippen LogP contribution in [0.2, 0.25) is 0 Å². The Labute approximate surface area is 172 Å². The molecule has 9 heteroatoms. The monoisotopic (exact) mass is 407 g/mol. The summed E-state index contributed by atoms with van der Waals surface area (Å²) in [7, 11) is 0. The fourth-order valence-electron chi connectivity index (χ4n) is 3.90. The first-order chi connectivity index (χ1) is 14.8. The van der Waals surface area contributed by atoms with Crippen molar-refractivity contribution in [3.05, 3.63) is 66.2 Å². The summed E-state index contributed by atoms with van der Waals surface area (Å²) in [5.41, 5.74) is 1.91. The third-order valence-corrected chi connectivity index (χ3v) is 5.36. The van der Waals surface area contributed by atoms with Gasteiger partial charge in [-0.3, -0.25) is 0 Å². The molecule has 2 fully saturated rings. The Hall–Kier alpha value is -3.30. The van der Waals surface area contributed by atoms with Crippen LogP contribution in [0.15, 0.2) is 60.7 Å². The number of carbonyl (C=O) groups excluding carboxylic acids is 1. The fraction of sp³-hybridized carbons (Fsp3) is 0.333. The van der Waals surface area contributed by atoms with Crippen LogP contribution < -0.4 is 5.32 Å². The molecular weight excluding hydrogens is 386 g/mol. The summed E-state index contributed by atoms with van der Waals surface area (Å²) in [5, 5.41) is 14.9. The number of nitrogens with zero attached hydrogens (tertiary/aromatic N) is 4. The first-order valence-electron chi connectivity index (χ1n) is 9.84. The number of nitrogens with one attached hydrogen (secondary N) is 1. The third-order valence-electron chi connectivity index (χ3n) is 5.36. The topological polar surface area (TPSA) is 100 Å². The first kappa shape index (κ1) is 18.7. The molecule has 2 aliphatic heterocycles. The van der Waals surface area contributed by atoms with E-state index in [2.05, 4.69) is 20.8 Å². The van der Waals surface area contributed by atoms with Crippen molar-refractivity contribution in [3.8, 4) is 11.4 Å². The lowest BCUT2D eigenvalue weighted by molar-refractivity contribution is 0.00290. The Morgan fingerprint density at radius 3 is 2.57 bits per heavy atom. The highest BCUT2D eigenvalue weighted by Gasteiger charge is 2.51. The number of tetrazole rings is 1. The summed E-state index contributed by atoms with van der Waals surface area (Å²) in [6.45, 7) is 1.05. The van der Waals surface area contributed by atoms with Crippen molar-refractivity contribution in [3.63, 3.8) is 0 Å². The smallest absolute Gasteiger partial charge is 0.407 e. The Balaban J connectivity index is 1.23. The molecule has 0 bridgehead atoms. The minimum absolute atomic E-state index is 0.193. The molecule has 1 amide bonds. The van der Waals surface area contributed by atoms with Gasteiger partial charge in [0, 0.05) is 12.1 Å². The second-order valence-electron chi connectivity index (χ2n) is 7.26. The molecule has 2 aliphatic rings. The van der Waals surface area contributed by atoms with Crippen molar-refractivity contribution in [1.29, 1.82) is 0 Å². The zero-order valence-electron chi connectivity index (χ0n) is 16.1. The quantitative estimate of drug-likeness (QED) is 0.690. The van der Waals surface area contributed by atoms with Crippen LogP contribution in [0.25, 0.3) is 11.4 Å². The lowest BCUT2D eigenvalue weighted by Crippen LogP contribution is -2.37. The molecular formula is C21H21N5O4. The number of alkyl carbamates (subject to hydrolysis) is 1. The molecule has 154 valence electrons. The number of fused-ring (bicyclic) bond motifs is 1. The SMILES string of the molecule is O=C(NCc1ccccc1)O[C@H]1CO[C@@H]2[C@@H]1OC[C@@H]2n1nnnc1-c1ccccc1. The van der Waals surface area contributed by atoms with Gasteiger partial charge in [0.2, 0.25) is 0 Å². The molecule has 1 aromatic heterocycles. The van der Waals surface area contributed by atoms with Crippen molar-refractivity contribution in [2.45, 2.75) is 30.9 Å². The number of hydrogen-bond acceptors (Lipinski definition) is 7. The average Bonchev–Trinajstić information content (AvgIpc) is 3.51. The van der Waals surface area contributed by atoms with E-state index in [0.717, 1.165) is 11.1 Å². The minimum atomic E-state index is -0.493. The molecule has 5 rings (SSSR count). The lowest BCUT2D eigenvalue weighted by Gasteiger charge is -2.18. The number of ether oxygens (including phenoxy) is 3. The summed E-state index contributed by atoms with van der Waals surface area (Å²) in [5.74, 6) is 0.651. The average molecular weight is 407 g/mol. The van der Waals surface area contributed by atoms with Gasteiger partial charge in [0.1, 0.15) is 18.2 Å². The van der Waals surface area contributed by atoms with Gasteiger partial charge in [-0.05, 0) is 16.0 Å². The predicted molar refractivity (Wildman–Crippen MR) is 105 cm³/mol. The molecule has 30 heavy (non-hydrogen) atoms. The predicted octanol–water partition coefficient (Wildman–Crippen LogP) is 1.97. The minimum Gasteiger partial charge on any atom is -0.441 e. The van der Waals surface area contributed by atoms with E-state index < -0.39 is 12.2 Å². The Bertz CT molecular complexity index is 997. The standard InChI is InChI=1S/C21H21N5O4/c27-21(22-11-14-7-3-1-4-8-14)30-17-13-29-18-16(12-28-19(17)18)26-20(23-24-25-26)15-9-5-2-6-10-15/h1-10,16-19H,11-13H2,(H,22,27)/t16-,17-,18-,19+/m0/s1.